The minimum Gasteiger partial charge on any atom is -0.396 e. The molecule has 0 saturated carbocycles. The summed E-state index contributed by atoms with van der Waals surface area (Å²) in [5.74, 6) is -0.289. The van der Waals surface area contributed by atoms with Crippen molar-refractivity contribution in [2.75, 3.05) is 5.73 Å². The van der Waals surface area contributed by atoms with Crippen LogP contribution in [0.1, 0.15) is 39.5 Å². The highest BCUT2D eigenvalue weighted by atomic mass is 19.1. The Hall–Kier alpha value is -3.54. The number of carbonyl (C=O) groups is 1. The lowest BCUT2D eigenvalue weighted by atomic mass is 9.79. The van der Waals surface area contributed by atoms with Gasteiger partial charge in [0.1, 0.15) is 17.7 Å². The second-order valence-electron chi connectivity index (χ2n) is 7.50. The Kier molecular flexibility index (Phi) is 3.94. The van der Waals surface area contributed by atoms with E-state index in [4.69, 9.17) is 10.7 Å². The molecule has 0 saturated heterocycles. The predicted molar refractivity (Wildman–Crippen MR) is 110 cm³/mol. The molecule has 2 heterocycles. The van der Waals surface area contributed by atoms with Gasteiger partial charge in [0.25, 0.3) is 0 Å². The van der Waals surface area contributed by atoms with Crippen molar-refractivity contribution in [2.45, 2.75) is 25.7 Å². The Morgan fingerprint density at radius 2 is 1.97 bits per heavy atom. The van der Waals surface area contributed by atoms with E-state index in [9.17, 15) is 9.18 Å². The van der Waals surface area contributed by atoms with Crippen LogP contribution in [-0.2, 0) is 6.42 Å². The lowest BCUT2D eigenvalue weighted by molar-refractivity contribution is 0.0964. The molecule has 2 aromatic carbocycles. The van der Waals surface area contributed by atoms with Gasteiger partial charge in [-0.05, 0) is 48.6 Å². The van der Waals surface area contributed by atoms with Crippen LogP contribution in [0, 0.1) is 12.7 Å². The number of aromatic nitrogens is 3. The van der Waals surface area contributed by atoms with E-state index in [0.29, 0.717) is 46.6 Å². The van der Waals surface area contributed by atoms with Crippen molar-refractivity contribution >= 4 is 22.6 Å². The molecular formula is C23H19FN4O. The molecule has 1 aliphatic rings. The summed E-state index contributed by atoms with van der Waals surface area (Å²) in [5.41, 5.74) is 11.8. The van der Waals surface area contributed by atoms with Gasteiger partial charge in [-0.15, -0.1) is 0 Å². The Bertz CT molecular complexity index is 1280. The molecule has 0 bridgehead atoms. The maximum atomic E-state index is 13.7. The average Bonchev–Trinajstić information content (AvgIpc) is 3.12. The summed E-state index contributed by atoms with van der Waals surface area (Å²) in [6, 6.07) is 14.3. The number of rotatable bonds is 2. The number of nitrogen functional groups attached to an aromatic ring is 1. The van der Waals surface area contributed by atoms with Crippen molar-refractivity contribution in [2.24, 2.45) is 0 Å². The van der Waals surface area contributed by atoms with Crippen LogP contribution in [0.5, 0.6) is 0 Å². The van der Waals surface area contributed by atoms with Gasteiger partial charge >= 0.3 is 0 Å². The van der Waals surface area contributed by atoms with Crippen molar-refractivity contribution in [1.82, 2.24) is 14.5 Å². The van der Waals surface area contributed by atoms with Gasteiger partial charge < -0.3 is 5.73 Å². The number of carbonyl (C=O) groups excluding carboxylic acids is 1. The van der Waals surface area contributed by atoms with E-state index in [-0.39, 0.29) is 17.5 Å². The van der Waals surface area contributed by atoms with E-state index >= 15 is 0 Å². The third-order valence-corrected chi connectivity index (χ3v) is 5.66. The van der Waals surface area contributed by atoms with Crippen molar-refractivity contribution in [1.29, 1.82) is 0 Å². The van der Waals surface area contributed by atoms with Crippen molar-refractivity contribution in [3.05, 3.63) is 83.1 Å². The molecular weight excluding hydrogens is 367 g/mol. The summed E-state index contributed by atoms with van der Waals surface area (Å²) in [6.45, 7) is 2.05. The minimum atomic E-state index is -0.343. The van der Waals surface area contributed by atoms with E-state index in [1.165, 1.54) is 12.1 Å². The molecule has 1 atom stereocenters. The molecule has 2 N–H and O–H groups in total. The second-order valence-corrected chi connectivity index (χ2v) is 7.50. The molecule has 0 amide bonds. The van der Waals surface area contributed by atoms with Gasteiger partial charge in [-0.2, -0.15) is 0 Å². The predicted octanol–water partition coefficient (Wildman–Crippen LogP) is 4.36. The first kappa shape index (κ1) is 17.6. The number of anilines is 1. The van der Waals surface area contributed by atoms with Gasteiger partial charge in [-0.25, -0.2) is 14.4 Å². The van der Waals surface area contributed by atoms with Crippen molar-refractivity contribution in [3.8, 4) is 5.69 Å². The highest BCUT2D eigenvalue weighted by molar-refractivity contribution is 6.08. The first-order valence-corrected chi connectivity index (χ1v) is 9.53. The fourth-order valence-corrected chi connectivity index (χ4v) is 4.27. The van der Waals surface area contributed by atoms with E-state index < -0.39 is 0 Å². The molecule has 0 fully saturated rings. The molecule has 5 nitrogen and oxygen atoms in total. The zero-order valence-corrected chi connectivity index (χ0v) is 15.9. The van der Waals surface area contributed by atoms with Gasteiger partial charge in [-0.3, -0.25) is 9.36 Å². The molecule has 0 radical (unpaired) electrons. The van der Waals surface area contributed by atoms with E-state index in [2.05, 4.69) is 24.0 Å². The highest BCUT2D eigenvalue weighted by Gasteiger charge is 2.31. The molecule has 4 aromatic rings. The SMILES string of the molecule is Cc1ccccc1[C@@H]1CC(=O)c2c(nc3c(ncn3-c3cccc(F)c3)c2N)C1. The zero-order chi connectivity index (χ0) is 20.1. The van der Waals surface area contributed by atoms with E-state index in [1.54, 1.807) is 23.0 Å². The summed E-state index contributed by atoms with van der Waals surface area (Å²) in [5, 5.41) is 0. The van der Waals surface area contributed by atoms with Crippen molar-refractivity contribution in [3.63, 3.8) is 0 Å². The maximum Gasteiger partial charge on any atom is 0.167 e. The number of halogens is 1. The first-order valence-electron chi connectivity index (χ1n) is 9.53. The molecule has 29 heavy (non-hydrogen) atoms. The van der Waals surface area contributed by atoms with Crippen LogP contribution in [-0.4, -0.2) is 20.3 Å². The summed E-state index contributed by atoms with van der Waals surface area (Å²) in [7, 11) is 0. The number of benzene rings is 2. The van der Waals surface area contributed by atoms with Crippen molar-refractivity contribution < 1.29 is 9.18 Å². The smallest absolute Gasteiger partial charge is 0.167 e. The molecule has 6 heteroatoms. The lowest BCUT2D eigenvalue weighted by Gasteiger charge is -2.25. The molecule has 1 aliphatic carbocycles. The summed E-state index contributed by atoms with van der Waals surface area (Å²) < 4.78 is 15.4. The van der Waals surface area contributed by atoms with Crippen LogP contribution in [0.15, 0.2) is 54.9 Å². The Labute approximate surface area is 167 Å². The van der Waals surface area contributed by atoms with Crippen LogP contribution in [0.2, 0.25) is 0 Å². The number of aryl methyl sites for hydroxylation is 1. The molecule has 0 unspecified atom stereocenters. The number of nitrogens with zero attached hydrogens (tertiary/aromatic N) is 3. The topological polar surface area (TPSA) is 73.8 Å². The molecule has 0 aliphatic heterocycles. The number of ketones is 1. The normalized spacial score (nSPS) is 16.2. The Morgan fingerprint density at radius 1 is 1.14 bits per heavy atom. The van der Waals surface area contributed by atoms with Crippen LogP contribution >= 0.6 is 0 Å². The Morgan fingerprint density at radius 3 is 2.76 bits per heavy atom. The largest absolute Gasteiger partial charge is 0.396 e. The standard InChI is InChI=1S/C23H19FN4O/c1-13-5-2-3-8-17(13)14-9-18-20(19(29)10-14)21(25)22-23(27-18)28(12-26-22)16-7-4-6-15(24)11-16/h2-8,11-12,14H,9-10H2,1H3,(H2,25,27)/t14-/m0/s1. The quantitative estimate of drug-likeness (QED) is 0.555. The van der Waals surface area contributed by atoms with Gasteiger partial charge in [0.2, 0.25) is 0 Å². The monoisotopic (exact) mass is 386 g/mol. The average molecular weight is 386 g/mol. The lowest BCUT2D eigenvalue weighted by Crippen LogP contribution is -2.22. The van der Waals surface area contributed by atoms with Gasteiger partial charge in [0, 0.05) is 6.42 Å². The van der Waals surface area contributed by atoms with E-state index in [1.807, 2.05) is 12.1 Å². The van der Waals surface area contributed by atoms with Crippen LogP contribution in [0.25, 0.3) is 16.9 Å². The second kappa shape index (κ2) is 6.51. The van der Waals surface area contributed by atoms with Gasteiger partial charge in [-0.1, -0.05) is 30.3 Å². The number of pyridine rings is 1. The summed E-state index contributed by atoms with van der Waals surface area (Å²) in [6.07, 6.45) is 2.60. The van der Waals surface area contributed by atoms with Crippen LogP contribution < -0.4 is 5.73 Å². The number of Topliss-reactive ketones (excluding diaryl/α,β-unsaturated/α-hetero) is 1. The number of fused-ring (bicyclic) bond motifs is 2. The molecule has 5 rings (SSSR count). The summed E-state index contributed by atoms with van der Waals surface area (Å²) in [4.78, 5) is 22.1. The highest BCUT2D eigenvalue weighted by Crippen LogP contribution is 2.38. The molecule has 144 valence electrons. The third-order valence-electron chi connectivity index (χ3n) is 5.66. The molecule has 2 aromatic heterocycles. The first-order chi connectivity index (χ1) is 14.0. The summed E-state index contributed by atoms with van der Waals surface area (Å²) >= 11 is 0. The Balaban J connectivity index is 1.67. The zero-order valence-electron chi connectivity index (χ0n) is 15.9. The van der Waals surface area contributed by atoms with E-state index in [0.717, 1.165) is 11.1 Å². The number of nitrogens with two attached hydrogens (primary N) is 1. The third kappa shape index (κ3) is 2.79. The molecule has 0 spiro atoms. The van der Waals surface area contributed by atoms with Crippen LogP contribution in [0.3, 0.4) is 0 Å². The van der Waals surface area contributed by atoms with Gasteiger partial charge in [0.15, 0.2) is 11.4 Å². The maximum absolute atomic E-state index is 13.7. The number of imidazole rings is 1. The minimum absolute atomic E-state index is 0.00768. The van der Waals surface area contributed by atoms with Gasteiger partial charge in [0.05, 0.1) is 22.6 Å². The fraction of sp³-hybridized carbons (Fsp3) is 0.174. The fourth-order valence-electron chi connectivity index (χ4n) is 4.27. The number of hydrogen-bond donors (Lipinski definition) is 1. The number of hydrogen-bond acceptors (Lipinski definition) is 4. The van der Waals surface area contributed by atoms with Crippen LogP contribution in [0.4, 0.5) is 10.1 Å².